The molecule has 4 heteroatoms. The van der Waals surface area contributed by atoms with Crippen LogP contribution in [-0.4, -0.2) is 24.7 Å². The standard InChI is InChI=1S/C16H16N2O2/c1-20-16-9-7-14(8-10-16)11-17-18(13-19)12-15-5-3-2-4-6-15/h2-11,13H,12H2,1H3/b17-11-. The first-order valence-electron chi connectivity index (χ1n) is 6.25. The van der Waals surface area contributed by atoms with Crippen LogP contribution in [0.15, 0.2) is 59.7 Å². The monoisotopic (exact) mass is 268 g/mol. The SMILES string of the molecule is COc1ccc(/C=N\N(C=O)Cc2ccccc2)cc1. The highest BCUT2D eigenvalue weighted by Gasteiger charge is 2.00. The quantitative estimate of drug-likeness (QED) is 0.459. The second-order valence-corrected chi connectivity index (χ2v) is 4.21. The topological polar surface area (TPSA) is 41.9 Å². The minimum absolute atomic E-state index is 0.455. The summed E-state index contributed by atoms with van der Waals surface area (Å²) in [6.07, 6.45) is 2.36. The number of amides is 1. The Hall–Kier alpha value is -2.62. The zero-order valence-corrected chi connectivity index (χ0v) is 11.3. The lowest BCUT2D eigenvalue weighted by atomic mass is 10.2. The summed E-state index contributed by atoms with van der Waals surface area (Å²) >= 11 is 0. The van der Waals surface area contributed by atoms with Gasteiger partial charge in [-0.2, -0.15) is 5.10 Å². The Bertz CT molecular complexity index is 565. The first kappa shape index (κ1) is 13.8. The molecular weight excluding hydrogens is 252 g/mol. The van der Waals surface area contributed by atoms with Crippen LogP contribution in [0.25, 0.3) is 0 Å². The van der Waals surface area contributed by atoms with Crippen molar-refractivity contribution < 1.29 is 9.53 Å². The van der Waals surface area contributed by atoms with Gasteiger partial charge in [0.25, 0.3) is 0 Å². The molecule has 0 fully saturated rings. The van der Waals surface area contributed by atoms with Gasteiger partial charge in [-0.1, -0.05) is 30.3 Å². The van der Waals surface area contributed by atoms with E-state index in [0.29, 0.717) is 13.0 Å². The lowest BCUT2D eigenvalue weighted by Gasteiger charge is -2.10. The largest absolute Gasteiger partial charge is 0.497 e. The molecule has 4 nitrogen and oxygen atoms in total. The van der Waals surface area contributed by atoms with E-state index >= 15 is 0 Å². The van der Waals surface area contributed by atoms with Crippen molar-refractivity contribution in [3.05, 3.63) is 65.7 Å². The van der Waals surface area contributed by atoms with Crippen molar-refractivity contribution in [1.29, 1.82) is 0 Å². The van der Waals surface area contributed by atoms with Gasteiger partial charge in [0.2, 0.25) is 6.41 Å². The lowest BCUT2D eigenvalue weighted by Crippen LogP contribution is -2.14. The van der Waals surface area contributed by atoms with Gasteiger partial charge in [-0.15, -0.1) is 0 Å². The molecule has 102 valence electrons. The molecule has 0 unspecified atom stereocenters. The van der Waals surface area contributed by atoms with E-state index in [4.69, 9.17) is 4.74 Å². The second kappa shape index (κ2) is 7.09. The molecule has 2 aromatic rings. The normalized spacial score (nSPS) is 10.4. The molecule has 0 spiro atoms. The number of ether oxygens (including phenoxy) is 1. The van der Waals surface area contributed by atoms with Gasteiger partial charge in [-0.25, -0.2) is 5.01 Å². The number of carbonyl (C=O) groups is 1. The Balaban J connectivity index is 2.01. The molecule has 0 atom stereocenters. The van der Waals surface area contributed by atoms with Gasteiger partial charge in [-0.3, -0.25) is 4.79 Å². The number of benzene rings is 2. The van der Waals surface area contributed by atoms with Gasteiger partial charge < -0.3 is 4.74 Å². The van der Waals surface area contributed by atoms with Crippen molar-refractivity contribution in [3.63, 3.8) is 0 Å². The minimum atomic E-state index is 0.455. The predicted molar refractivity (Wildman–Crippen MR) is 78.6 cm³/mol. The fourth-order valence-electron chi connectivity index (χ4n) is 1.71. The van der Waals surface area contributed by atoms with Crippen LogP contribution in [0.1, 0.15) is 11.1 Å². The third kappa shape index (κ3) is 3.95. The van der Waals surface area contributed by atoms with E-state index in [-0.39, 0.29) is 0 Å². The highest BCUT2D eigenvalue weighted by molar-refractivity contribution is 5.80. The second-order valence-electron chi connectivity index (χ2n) is 4.21. The fourth-order valence-corrected chi connectivity index (χ4v) is 1.71. The molecule has 20 heavy (non-hydrogen) atoms. The summed E-state index contributed by atoms with van der Waals surface area (Å²) in [6, 6.07) is 17.2. The zero-order valence-electron chi connectivity index (χ0n) is 11.3. The van der Waals surface area contributed by atoms with E-state index < -0.39 is 0 Å². The Kier molecular flexibility index (Phi) is 4.89. The number of carbonyl (C=O) groups excluding carboxylic acids is 1. The molecule has 0 aliphatic carbocycles. The van der Waals surface area contributed by atoms with Crippen LogP contribution >= 0.6 is 0 Å². The fraction of sp³-hybridized carbons (Fsp3) is 0.125. The van der Waals surface area contributed by atoms with Crippen LogP contribution in [0.4, 0.5) is 0 Å². The first-order chi connectivity index (χ1) is 9.81. The molecule has 0 aliphatic heterocycles. The summed E-state index contributed by atoms with van der Waals surface area (Å²) < 4.78 is 5.08. The Labute approximate surface area is 118 Å². The molecule has 0 radical (unpaired) electrons. The molecular formula is C16H16N2O2. The predicted octanol–water partition coefficient (Wildman–Crippen LogP) is 2.69. The number of hydrazone groups is 1. The van der Waals surface area contributed by atoms with Crippen LogP contribution in [-0.2, 0) is 11.3 Å². The number of hydrogen-bond donors (Lipinski definition) is 0. The van der Waals surface area contributed by atoms with Crippen molar-refractivity contribution in [2.75, 3.05) is 7.11 Å². The van der Waals surface area contributed by atoms with Gasteiger partial charge in [0.1, 0.15) is 5.75 Å². The summed E-state index contributed by atoms with van der Waals surface area (Å²) in [5.74, 6) is 0.790. The Morgan fingerprint density at radius 2 is 1.80 bits per heavy atom. The van der Waals surface area contributed by atoms with Crippen LogP contribution in [0.3, 0.4) is 0 Å². The van der Waals surface area contributed by atoms with Crippen molar-refractivity contribution in [1.82, 2.24) is 5.01 Å². The first-order valence-corrected chi connectivity index (χ1v) is 6.25. The smallest absolute Gasteiger partial charge is 0.230 e. The minimum Gasteiger partial charge on any atom is -0.497 e. The van der Waals surface area contributed by atoms with Crippen molar-refractivity contribution in [2.45, 2.75) is 6.54 Å². The Morgan fingerprint density at radius 3 is 2.40 bits per heavy atom. The van der Waals surface area contributed by atoms with E-state index in [1.807, 2.05) is 54.6 Å². The van der Waals surface area contributed by atoms with E-state index in [0.717, 1.165) is 16.9 Å². The van der Waals surface area contributed by atoms with Crippen LogP contribution in [0, 0.1) is 0 Å². The lowest BCUT2D eigenvalue weighted by molar-refractivity contribution is -0.118. The third-order valence-corrected chi connectivity index (χ3v) is 2.78. The highest BCUT2D eigenvalue weighted by Crippen LogP contribution is 2.10. The van der Waals surface area contributed by atoms with E-state index in [1.165, 1.54) is 5.01 Å². The van der Waals surface area contributed by atoms with Gasteiger partial charge >= 0.3 is 0 Å². The highest BCUT2D eigenvalue weighted by atomic mass is 16.5. The molecule has 0 aromatic heterocycles. The van der Waals surface area contributed by atoms with Crippen molar-refractivity contribution in [3.8, 4) is 5.75 Å². The molecule has 2 rings (SSSR count). The number of hydrogen-bond acceptors (Lipinski definition) is 3. The molecule has 0 bridgehead atoms. The van der Waals surface area contributed by atoms with Gasteiger partial charge in [0, 0.05) is 0 Å². The number of methoxy groups -OCH3 is 1. The Morgan fingerprint density at radius 1 is 1.10 bits per heavy atom. The summed E-state index contributed by atoms with van der Waals surface area (Å²) in [6.45, 7) is 0.455. The van der Waals surface area contributed by atoms with Gasteiger partial charge in [-0.05, 0) is 35.4 Å². The summed E-state index contributed by atoms with van der Waals surface area (Å²) in [5, 5.41) is 5.52. The average molecular weight is 268 g/mol. The maximum Gasteiger partial charge on any atom is 0.230 e. The summed E-state index contributed by atoms with van der Waals surface area (Å²) in [7, 11) is 1.62. The average Bonchev–Trinajstić information content (AvgIpc) is 2.53. The summed E-state index contributed by atoms with van der Waals surface area (Å²) in [5.41, 5.74) is 1.94. The maximum absolute atomic E-state index is 11.0. The molecule has 2 aromatic carbocycles. The van der Waals surface area contributed by atoms with Crippen LogP contribution < -0.4 is 4.74 Å². The summed E-state index contributed by atoms with van der Waals surface area (Å²) in [4.78, 5) is 11.0. The van der Waals surface area contributed by atoms with Crippen LogP contribution in [0.2, 0.25) is 0 Å². The van der Waals surface area contributed by atoms with Gasteiger partial charge in [0.05, 0.1) is 19.9 Å². The molecule has 0 N–H and O–H groups in total. The number of nitrogens with zero attached hydrogens (tertiary/aromatic N) is 2. The zero-order chi connectivity index (χ0) is 14.2. The molecule has 0 saturated carbocycles. The van der Waals surface area contributed by atoms with E-state index in [2.05, 4.69) is 5.10 Å². The molecule has 0 heterocycles. The molecule has 0 aliphatic rings. The molecule has 0 saturated heterocycles. The molecule has 1 amide bonds. The van der Waals surface area contributed by atoms with E-state index in [9.17, 15) is 4.79 Å². The maximum atomic E-state index is 11.0. The van der Waals surface area contributed by atoms with Gasteiger partial charge in [0.15, 0.2) is 0 Å². The van der Waals surface area contributed by atoms with Crippen molar-refractivity contribution in [2.24, 2.45) is 5.10 Å². The number of rotatable bonds is 6. The van der Waals surface area contributed by atoms with Crippen LogP contribution in [0.5, 0.6) is 5.75 Å². The van der Waals surface area contributed by atoms with Crippen molar-refractivity contribution >= 4 is 12.6 Å². The third-order valence-electron chi connectivity index (χ3n) is 2.78. The van der Waals surface area contributed by atoms with E-state index in [1.54, 1.807) is 13.3 Å².